The SMILES string of the molecule is C=C(C)COc1cccc(CN[C@@H](C)Cn2nc(C)cc2C)c1. The normalized spacial score (nSPS) is 12.2. The number of ether oxygens (including phenoxy) is 1. The second-order valence-electron chi connectivity index (χ2n) is 6.28. The number of aromatic nitrogens is 2. The van der Waals surface area contributed by atoms with E-state index in [1.165, 1.54) is 11.3 Å². The van der Waals surface area contributed by atoms with E-state index in [-0.39, 0.29) is 0 Å². The molecule has 2 rings (SSSR count). The molecule has 1 aromatic carbocycles. The van der Waals surface area contributed by atoms with Crippen molar-refractivity contribution in [1.82, 2.24) is 15.1 Å². The van der Waals surface area contributed by atoms with E-state index >= 15 is 0 Å². The molecule has 0 aliphatic carbocycles. The van der Waals surface area contributed by atoms with Crippen molar-refractivity contribution >= 4 is 0 Å². The van der Waals surface area contributed by atoms with Gasteiger partial charge >= 0.3 is 0 Å². The van der Waals surface area contributed by atoms with Crippen LogP contribution < -0.4 is 10.1 Å². The second-order valence-corrected chi connectivity index (χ2v) is 6.28. The van der Waals surface area contributed by atoms with Gasteiger partial charge in [-0.15, -0.1) is 0 Å². The average molecular weight is 313 g/mol. The third-order valence-electron chi connectivity index (χ3n) is 3.59. The van der Waals surface area contributed by atoms with E-state index < -0.39 is 0 Å². The molecule has 4 heteroatoms. The van der Waals surface area contributed by atoms with Crippen molar-refractivity contribution in [2.45, 2.75) is 46.8 Å². The van der Waals surface area contributed by atoms with Gasteiger partial charge < -0.3 is 10.1 Å². The van der Waals surface area contributed by atoms with Crippen LogP contribution in [0.5, 0.6) is 5.75 Å². The topological polar surface area (TPSA) is 39.1 Å². The molecule has 1 aromatic heterocycles. The van der Waals surface area contributed by atoms with Gasteiger partial charge in [0.1, 0.15) is 12.4 Å². The highest BCUT2D eigenvalue weighted by Gasteiger charge is 2.07. The molecule has 4 nitrogen and oxygen atoms in total. The zero-order valence-electron chi connectivity index (χ0n) is 14.6. The third-order valence-corrected chi connectivity index (χ3v) is 3.59. The predicted octanol–water partition coefficient (Wildman–Crippen LogP) is 3.63. The Morgan fingerprint density at radius 1 is 1.35 bits per heavy atom. The van der Waals surface area contributed by atoms with E-state index in [0.29, 0.717) is 12.6 Å². The number of rotatable bonds is 8. The molecular weight excluding hydrogens is 286 g/mol. The summed E-state index contributed by atoms with van der Waals surface area (Å²) in [7, 11) is 0. The fraction of sp³-hybridized carbons (Fsp3) is 0.421. The molecule has 0 fully saturated rings. The van der Waals surface area contributed by atoms with Gasteiger partial charge in [-0.25, -0.2) is 0 Å². The standard InChI is InChI=1S/C19H27N3O/c1-14(2)13-23-19-8-6-7-18(10-19)11-20-16(4)12-22-17(5)9-15(3)21-22/h6-10,16,20H,1,11-13H2,2-5H3/t16-/m0/s1. The lowest BCUT2D eigenvalue weighted by Gasteiger charge is -2.15. The summed E-state index contributed by atoms with van der Waals surface area (Å²) in [5.41, 5.74) is 4.50. The Morgan fingerprint density at radius 3 is 2.78 bits per heavy atom. The molecule has 0 amide bonds. The summed E-state index contributed by atoms with van der Waals surface area (Å²) in [4.78, 5) is 0. The van der Waals surface area contributed by atoms with Crippen LogP contribution in [0, 0.1) is 13.8 Å². The first-order valence-corrected chi connectivity index (χ1v) is 8.04. The van der Waals surface area contributed by atoms with Gasteiger partial charge in [-0.3, -0.25) is 4.68 Å². The summed E-state index contributed by atoms with van der Waals surface area (Å²) >= 11 is 0. The van der Waals surface area contributed by atoms with E-state index in [4.69, 9.17) is 4.74 Å². The molecule has 23 heavy (non-hydrogen) atoms. The molecule has 1 N–H and O–H groups in total. The van der Waals surface area contributed by atoms with Crippen molar-refractivity contribution in [3.05, 3.63) is 59.4 Å². The number of nitrogens with zero attached hydrogens (tertiary/aromatic N) is 2. The first-order valence-electron chi connectivity index (χ1n) is 8.04. The lowest BCUT2D eigenvalue weighted by Crippen LogP contribution is -2.30. The summed E-state index contributed by atoms with van der Waals surface area (Å²) in [6.45, 7) is 14.4. The Balaban J connectivity index is 1.86. The monoisotopic (exact) mass is 313 g/mol. The van der Waals surface area contributed by atoms with Crippen LogP contribution in [0.3, 0.4) is 0 Å². The zero-order chi connectivity index (χ0) is 16.8. The second kappa shape index (κ2) is 7.97. The minimum absolute atomic E-state index is 0.341. The van der Waals surface area contributed by atoms with Crippen LogP contribution in [-0.4, -0.2) is 22.4 Å². The molecule has 0 radical (unpaired) electrons. The summed E-state index contributed by atoms with van der Waals surface area (Å²) < 4.78 is 7.74. The smallest absolute Gasteiger partial charge is 0.120 e. The Morgan fingerprint density at radius 2 is 2.13 bits per heavy atom. The van der Waals surface area contributed by atoms with E-state index in [2.05, 4.69) is 53.7 Å². The largest absolute Gasteiger partial charge is 0.489 e. The first kappa shape index (κ1) is 17.3. The Kier molecular flexibility index (Phi) is 5.99. The van der Waals surface area contributed by atoms with E-state index in [1.807, 2.05) is 26.0 Å². The highest BCUT2D eigenvalue weighted by Crippen LogP contribution is 2.14. The van der Waals surface area contributed by atoms with E-state index in [9.17, 15) is 0 Å². The number of hydrogen-bond acceptors (Lipinski definition) is 3. The van der Waals surface area contributed by atoms with Crippen molar-refractivity contribution < 1.29 is 4.74 Å². The van der Waals surface area contributed by atoms with Crippen molar-refractivity contribution in [2.24, 2.45) is 0 Å². The minimum Gasteiger partial charge on any atom is -0.489 e. The van der Waals surface area contributed by atoms with Crippen LogP contribution in [0.1, 0.15) is 30.8 Å². The first-order chi connectivity index (χ1) is 10.9. The highest BCUT2D eigenvalue weighted by atomic mass is 16.5. The maximum Gasteiger partial charge on any atom is 0.120 e. The molecule has 1 heterocycles. The molecule has 2 aromatic rings. The van der Waals surface area contributed by atoms with Gasteiger partial charge in [-0.2, -0.15) is 5.10 Å². The predicted molar refractivity (Wildman–Crippen MR) is 94.8 cm³/mol. The number of nitrogens with one attached hydrogen (secondary N) is 1. The number of hydrogen-bond donors (Lipinski definition) is 1. The fourth-order valence-electron chi connectivity index (χ4n) is 2.43. The van der Waals surface area contributed by atoms with Crippen molar-refractivity contribution in [3.63, 3.8) is 0 Å². The Labute approximate surface area is 139 Å². The molecule has 0 saturated carbocycles. The van der Waals surface area contributed by atoms with Gasteiger partial charge in [0.05, 0.1) is 12.2 Å². The van der Waals surface area contributed by atoms with Crippen LogP contribution in [0.15, 0.2) is 42.5 Å². The summed E-state index contributed by atoms with van der Waals surface area (Å²) in [6, 6.07) is 10.6. The summed E-state index contributed by atoms with van der Waals surface area (Å²) in [6.07, 6.45) is 0. The van der Waals surface area contributed by atoms with E-state index in [0.717, 1.165) is 30.1 Å². The number of aryl methyl sites for hydroxylation is 2. The van der Waals surface area contributed by atoms with Gasteiger partial charge in [0.2, 0.25) is 0 Å². The molecule has 0 aliphatic rings. The van der Waals surface area contributed by atoms with Crippen LogP contribution in [0.2, 0.25) is 0 Å². The van der Waals surface area contributed by atoms with Gasteiger partial charge in [-0.1, -0.05) is 18.7 Å². The summed E-state index contributed by atoms with van der Waals surface area (Å²) in [5, 5.41) is 8.05. The average Bonchev–Trinajstić information content (AvgIpc) is 2.81. The molecule has 0 spiro atoms. The lowest BCUT2D eigenvalue weighted by molar-refractivity contribution is 0.352. The maximum absolute atomic E-state index is 5.69. The van der Waals surface area contributed by atoms with Gasteiger partial charge in [0.25, 0.3) is 0 Å². The molecular formula is C19H27N3O. The van der Waals surface area contributed by atoms with Crippen molar-refractivity contribution in [2.75, 3.05) is 6.61 Å². The van der Waals surface area contributed by atoms with Crippen LogP contribution >= 0.6 is 0 Å². The third kappa shape index (κ3) is 5.57. The van der Waals surface area contributed by atoms with E-state index in [1.54, 1.807) is 0 Å². The quantitative estimate of drug-likeness (QED) is 0.756. The fourth-order valence-corrected chi connectivity index (χ4v) is 2.43. The Hall–Kier alpha value is -2.07. The zero-order valence-corrected chi connectivity index (χ0v) is 14.6. The van der Waals surface area contributed by atoms with Crippen molar-refractivity contribution in [3.8, 4) is 5.75 Å². The molecule has 0 aliphatic heterocycles. The van der Waals surface area contributed by atoms with Gasteiger partial charge in [-0.05, 0) is 57.0 Å². The van der Waals surface area contributed by atoms with Crippen LogP contribution in [0.25, 0.3) is 0 Å². The molecule has 0 saturated heterocycles. The number of benzene rings is 1. The molecule has 124 valence electrons. The van der Waals surface area contributed by atoms with Crippen LogP contribution in [0.4, 0.5) is 0 Å². The van der Waals surface area contributed by atoms with Crippen molar-refractivity contribution in [1.29, 1.82) is 0 Å². The molecule has 0 bridgehead atoms. The molecule has 1 atom stereocenters. The highest BCUT2D eigenvalue weighted by molar-refractivity contribution is 5.28. The van der Waals surface area contributed by atoms with Crippen LogP contribution in [-0.2, 0) is 13.1 Å². The Bertz CT molecular complexity index is 660. The molecule has 0 unspecified atom stereocenters. The maximum atomic E-state index is 5.69. The lowest BCUT2D eigenvalue weighted by atomic mass is 10.2. The van der Waals surface area contributed by atoms with Gasteiger partial charge in [0, 0.05) is 18.3 Å². The summed E-state index contributed by atoms with van der Waals surface area (Å²) in [5.74, 6) is 0.887. The van der Waals surface area contributed by atoms with Gasteiger partial charge in [0.15, 0.2) is 0 Å². The minimum atomic E-state index is 0.341.